The molecule has 0 saturated carbocycles. The first-order valence-corrected chi connectivity index (χ1v) is 28.2. The van der Waals surface area contributed by atoms with Crippen LogP contribution in [0.4, 0.5) is 64.3 Å². The summed E-state index contributed by atoms with van der Waals surface area (Å²) in [6, 6.07) is 39.4. The highest BCUT2D eigenvalue weighted by atomic mass is 19.4. The number of fused-ring (bicyclic) bond motifs is 2. The molecule has 0 unspecified atom stereocenters. The monoisotopic (exact) mass is 1230 g/mol. The van der Waals surface area contributed by atoms with E-state index in [1.54, 1.807) is 9.80 Å². The first-order valence-electron chi connectivity index (χ1n) is 28.2. The van der Waals surface area contributed by atoms with E-state index in [0.717, 1.165) is 34.4 Å². The lowest BCUT2D eigenvalue weighted by Gasteiger charge is -2.34. The third-order valence-electron chi connectivity index (χ3n) is 16.7. The van der Waals surface area contributed by atoms with Crippen molar-refractivity contribution in [1.29, 1.82) is 0 Å². The summed E-state index contributed by atoms with van der Waals surface area (Å²) in [5.74, 6) is -7.21. The smallest absolute Gasteiger partial charge is 0.384 e. The summed E-state index contributed by atoms with van der Waals surface area (Å²) in [5.41, 5.74) is 1.02. The van der Waals surface area contributed by atoms with Gasteiger partial charge in [0.2, 0.25) is 0 Å². The molecule has 460 valence electrons. The number of aromatic nitrogens is 8. The molecule has 0 bridgehead atoms. The molecule has 26 heteroatoms. The summed E-state index contributed by atoms with van der Waals surface area (Å²) < 4.78 is 168. The molecule has 0 radical (unpaired) electrons. The number of carbonyl (C=O) groups excluding carboxylic acids is 2. The maximum Gasteiger partial charge on any atom is 0.435 e. The van der Waals surface area contributed by atoms with E-state index in [1.165, 1.54) is 21.5 Å². The Labute approximate surface area is 494 Å². The third kappa shape index (κ3) is 12.4. The van der Waals surface area contributed by atoms with Gasteiger partial charge in [-0.2, -0.15) is 62.9 Å². The average molecular weight is 1230 g/mol. The minimum Gasteiger partial charge on any atom is -0.384 e. The fourth-order valence-corrected chi connectivity index (χ4v) is 12.5. The van der Waals surface area contributed by atoms with Gasteiger partial charge in [0.15, 0.2) is 34.6 Å². The molecule has 88 heavy (non-hydrogen) atoms. The van der Waals surface area contributed by atoms with Crippen molar-refractivity contribution in [2.75, 3.05) is 36.0 Å². The molecule has 2 saturated heterocycles. The van der Waals surface area contributed by atoms with E-state index in [0.29, 0.717) is 25.7 Å². The summed E-state index contributed by atoms with van der Waals surface area (Å²) in [7, 11) is 0. The number of aliphatic hydroxyl groups is 2. The van der Waals surface area contributed by atoms with Crippen LogP contribution >= 0.6 is 0 Å². The fourth-order valence-electron chi connectivity index (χ4n) is 12.5. The maximum absolute atomic E-state index is 14.6. The molecular formula is C62H54F12N10O4. The van der Waals surface area contributed by atoms with Gasteiger partial charge >= 0.3 is 24.7 Å². The first-order chi connectivity index (χ1) is 41.9. The number of ketones is 2. The van der Waals surface area contributed by atoms with E-state index in [1.807, 2.05) is 121 Å². The molecule has 2 aliphatic heterocycles. The Morgan fingerprint density at radius 1 is 0.409 bits per heavy atom. The Morgan fingerprint density at radius 2 is 0.705 bits per heavy atom. The topological polar surface area (TPSA) is 168 Å². The second-order valence-corrected chi connectivity index (χ2v) is 22.1. The number of aliphatic hydroxyl groups excluding tert-OH is 2. The van der Waals surface area contributed by atoms with Crippen molar-refractivity contribution in [3.8, 4) is 0 Å². The van der Waals surface area contributed by atoms with Crippen LogP contribution < -0.4 is 9.80 Å². The van der Waals surface area contributed by atoms with Gasteiger partial charge in [-0.25, -0.2) is 0 Å². The minimum absolute atomic E-state index is 0.117. The maximum atomic E-state index is 14.6. The molecule has 2 fully saturated rings. The molecular weight excluding hydrogens is 1180 g/mol. The SMILES string of the molecule is O=C1Cc2c(c(C3CCN(c4ccc(C(F)(F)F)nn4)CC3)nn2C(c2ccccc2)c2ccccc2)[C@@H](C(F)(F)F)[C@@H]1O.O=C1Cc2c(c(C3CCN(c4ccc(C(F)(F)F)nn4)CC3)nn2C(c2ccccc2)c2ccccc2)[C@H](C(F)(F)F)[C@H]1O. The Hall–Kier alpha value is -8.52. The van der Waals surface area contributed by atoms with Gasteiger partial charge in [0.1, 0.15) is 36.1 Å². The quantitative estimate of drug-likeness (QED) is 0.125. The number of piperidine rings is 2. The van der Waals surface area contributed by atoms with Crippen LogP contribution in [-0.2, 0) is 34.8 Å². The summed E-state index contributed by atoms with van der Waals surface area (Å²) in [6.45, 7) is 1.13. The van der Waals surface area contributed by atoms with Crippen molar-refractivity contribution in [2.45, 2.75) is 111 Å². The predicted octanol–water partition coefficient (Wildman–Crippen LogP) is 11.7. The molecule has 14 nitrogen and oxygen atoms in total. The summed E-state index contributed by atoms with van der Waals surface area (Å²) in [6.07, 6.45) is -23.1. The van der Waals surface area contributed by atoms with Crippen LogP contribution in [0.15, 0.2) is 146 Å². The molecule has 4 atom stereocenters. The average Bonchev–Trinajstić information content (AvgIpc) is 1.70. The normalized spacial score (nSPS) is 19.8. The van der Waals surface area contributed by atoms with Gasteiger partial charge in [0.25, 0.3) is 0 Å². The highest BCUT2D eigenvalue weighted by molar-refractivity contribution is 5.89. The van der Waals surface area contributed by atoms with Gasteiger partial charge in [-0.15, -0.1) is 20.4 Å². The van der Waals surface area contributed by atoms with Gasteiger partial charge in [0, 0.05) is 49.1 Å². The zero-order chi connectivity index (χ0) is 62.5. The largest absolute Gasteiger partial charge is 0.435 e. The molecule has 12 rings (SSSR count). The zero-order valence-electron chi connectivity index (χ0n) is 46.3. The van der Waals surface area contributed by atoms with Crippen molar-refractivity contribution in [1.82, 2.24) is 40.0 Å². The van der Waals surface area contributed by atoms with Crippen LogP contribution in [0.3, 0.4) is 0 Å². The van der Waals surface area contributed by atoms with Gasteiger partial charge < -0.3 is 20.0 Å². The molecule has 0 amide bonds. The number of anilines is 2. The van der Waals surface area contributed by atoms with Crippen molar-refractivity contribution in [3.63, 3.8) is 0 Å². The molecule has 4 aromatic heterocycles. The fraction of sp³-hybridized carbons (Fsp3) is 0.355. The van der Waals surface area contributed by atoms with Crippen LogP contribution in [0.5, 0.6) is 0 Å². The highest BCUT2D eigenvalue weighted by Crippen LogP contribution is 2.50. The number of hydrogen-bond acceptors (Lipinski definition) is 12. The summed E-state index contributed by atoms with van der Waals surface area (Å²) in [4.78, 5) is 29.2. The van der Waals surface area contributed by atoms with E-state index in [2.05, 4.69) is 20.4 Å². The lowest BCUT2D eigenvalue weighted by Crippen LogP contribution is -2.43. The lowest BCUT2D eigenvalue weighted by molar-refractivity contribution is -0.179. The number of halogens is 12. The predicted molar refractivity (Wildman–Crippen MR) is 294 cm³/mol. The Morgan fingerprint density at radius 3 is 0.955 bits per heavy atom. The molecule has 4 aliphatic rings. The molecule has 6 heterocycles. The molecule has 8 aromatic rings. The Balaban J connectivity index is 0.000000182. The second-order valence-electron chi connectivity index (χ2n) is 22.1. The minimum atomic E-state index is -4.92. The number of Topliss-reactive ketones (excluding diaryl/α,β-unsaturated/α-hetero) is 2. The third-order valence-corrected chi connectivity index (χ3v) is 16.7. The van der Waals surface area contributed by atoms with Crippen molar-refractivity contribution in [2.24, 2.45) is 0 Å². The molecule has 2 aliphatic carbocycles. The second kappa shape index (κ2) is 24.2. The zero-order valence-corrected chi connectivity index (χ0v) is 46.3. The van der Waals surface area contributed by atoms with Crippen molar-refractivity contribution < 1.29 is 72.5 Å². The van der Waals surface area contributed by atoms with Crippen molar-refractivity contribution in [3.05, 3.63) is 213 Å². The van der Waals surface area contributed by atoms with Crippen LogP contribution in [0.2, 0.25) is 0 Å². The standard InChI is InChI=1S/2C31H27F6N5O2/c2*32-30(33,34)23-11-12-24(39-38-23)41-15-13-18(14-16-41)27-25-21(17-22(43)29(44)26(25)31(35,36)37)42(40-27)28(19-7-3-1-4-8-19)20-9-5-2-6-10-20/h2*1-12,18,26,28-29,44H,13-17H2/t2*26-,29-/m10/s1. The van der Waals surface area contributed by atoms with E-state index < -0.39 is 108 Å². The number of nitrogens with zero attached hydrogens (tertiary/aromatic N) is 10. The number of hydrogen-bond donors (Lipinski definition) is 2. The summed E-state index contributed by atoms with van der Waals surface area (Å²) in [5, 5.41) is 44.8. The van der Waals surface area contributed by atoms with Gasteiger partial charge in [-0.05, 0) is 72.2 Å². The highest BCUT2D eigenvalue weighted by Gasteiger charge is 2.56. The van der Waals surface area contributed by atoms with Gasteiger partial charge in [-0.1, -0.05) is 121 Å². The first kappa shape index (κ1) is 61.1. The lowest BCUT2D eigenvalue weighted by atomic mass is 9.78. The number of benzene rings is 4. The Kier molecular flexibility index (Phi) is 16.8. The number of alkyl halides is 12. The van der Waals surface area contributed by atoms with E-state index >= 15 is 0 Å². The van der Waals surface area contributed by atoms with E-state index in [-0.39, 0.29) is 71.7 Å². The van der Waals surface area contributed by atoms with Crippen LogP contribution in [-0.4, -0.2) is 112 Å². The summed E-state index contributed by atoms with van der Waals surface area (Å²) >= 11 is 0. The van der Waals surface area contributed by atoms with E-state index in [9.17, 15) is 72.5 Å². The van der Waals surface area contributed by atoms with Crippen molar-refractivity contribution >= 4 is 23.2 Å². The molecule has 4 aromatic carbocycles. The Bertz CT molecular complexity index is 3400. The van der Waals surface area contributed by atoms with Crippen LogP contribution in [0, 0.1) is 0 Å². The number of carbonyl (C=O) groups is 2. The van der Waals surface area contributed by atoms with Crippen LogP contribution in [0.25, 0.3) is 0 Å². The van der Waals surface area contributed by atoms with E-state index in [4.69, 9.17) is 10.2 Å². The van der Waals surface area contributed by atoms with Gasteiger partial charge in [0.05, 0.1) is 35.6 Å². The molecule has 0 spiro atoms. The molecule has 2 N–H and O–H groups in total. The van der Waals surface area contributed by atoms with Gasteiger partial charge in [-0.3, -0.25) is 19.0 Å². The number of rotatable bonds is 10. The van der Waals surface area contributed by atoms with Crippen LogP contribution in [0.1, 0.15) is 129 Å².